The number of hydrogen-bond donors (Lipinski definition) is 2. The SMILES string of the molecule is CC1=CC(=O)C2=C(C1=O)[C@@H](c1ccc(O)c(F)c1)C1=CC[C@@H]3C(=O)N(c4ccc(Nc5ccccc5)cc4)C(=O)[C@@H]3[C@@H]1C2. The standard InChI is InChI=1S/C35H27FN2O5/c1-18-15-29(40)26-17-25-23(30(32(26)33(18)41)19-7-14-28(39)27(36)16-19)12-13-24-31(25)35(43)38(34(24)42)22-10-8-21(9-11-22)37-20-5-3-2-4-6-20/h2-12,14-16,24-25,30-31,37,39H,13,17H2,1H3/t24-,25+,30-,31-/m0/s1. The second kappa shape index (κ2) is 10.0. The highest BCUT2D eigenvalue weighted by molar-refractivity contribution is 6.25. The molecule has 2 amide bonds. The molecule has 7 rings (SSSR count). The quantitative estimate of drug-likeness (QED) is 0.228. The van der Waals surface area contributed by atoms with Crippen LogP contribution in [0.25, 0.3) is 0 Å². The van der Waals surface area contributed by atoms with Crippen LogP contribution in [0.15, 0.2) is 107 Å². The highest BCUT2D eigenvalue weighted by atomic mass is 19.1. The number of carbonyl (C=O) groups is 4. The van der Waals surface area contributed by atoms with Crippen molar-refractivity contribution in [3.05, 3.63) is 119 Å². The van der Waals surface area contributed by atoms with Crippen molar-refractivity contribution in [2.45, 2.75) is 25.7 Å². The minimum Gasteiger partial charge on any atom is -0.505 e. The molecule has 0 unspecified atom stereocenters. The van der Waals surface area contributed by atoms with E-state index in [1.807, 2.05) is 48.5 Å². The number of benzene rings is 3. The number of phenols is 1. The molecule has 3 aliphatic carbocycles. The fraction of sp³-hybridized carbons (Fsp3) is 0.200. The summed E-state index contributed by atoms with van der Waals surface area (Å²) in [5.41, 5.74) is 4.18. The lowest BCUT2D eigenvalue weighted by Gasteiger charge is -2.42. The fourth-order valence-corrected chi connectivity index (χ4v) is 7.08. The largest absolute Gasteiger partial charge is 0.505 e. The maximum Gasteiger partial charge on any atom is 0.238 e. The number of para-hydroxylation sites is 1. The molecule has 0 aromatic heterocycles. The maximum atomic E-state index is 14.6. The van der Waals surface area contributed by atoms with Crippen LogP contribution in [0.1, 0.15) is 31.2 Å². The Labute approximate surface area is 247 Å². The number of Topliss-reactive ketones (excluding diaryl/α,β-unsaturated/α-hetero) is 1. The van der Waals surface area contributed by atoms with E-state index in [-0.39, 0.29) is 41.8 Å². The number of allylic oxidation sites excluding steroid dienone is 6. The summed E-state index contributed by atoms with van der Waals surface area (Å²) in [6, 6.07) is 20.6. The Bertz CT molecular complexity index is 1820. The maximum absolute atomic E-state index is 14.6. The summed E-state index contributed by atoms with van der Waals surface area (Å²) in [6.45, 7) is 1.58. The zero-order valence-corrected chi connectivity index (χ0v) is 23.2. The van der Waals surface area contributed by atoms with Gasteiger partial charge < -0.3 is 10.4 Å². The molecule has 8 heteroatoms. The van der Waals surface area contributed by atoms with Crippen molar-refractivity contribution in [1.29, 1.82) is 0 Å². The summed E-state index contributed by atoms with van der Waals surface area (Å²) in [5.74, 6) is -5.28. The molecule has 2 N–H and O–H groups in total. The number of rotatable bonds is 4. The van der Waals surface area contributed by atoms with Gasteiger partial charge >= 0.3 is 0 Å². The number of amides is 2. The number of nitrogens with zero attached hydrogens (tertiary/aromatic N) is 1. The van der Waals surface area contributed by atoms with Gasteiger partial charge in [0.1, 0.15) is 0 Å². The van der Waals surface area contributed by atoms with E-state index >= 15 is 0 Å². The van der Waals surface area contributed by atoms with Gasteiger partial charge in [-0.3, -0.25) is 24.1 Å². The first-order valence-electron chi connectivity index (χ1n) is 14.2. The Hall–Kier alpha value is -5.11. The number of carbonyl (C=O) groups excluding carboxylic acids is 4. The van der Waals surface area contributed by atoms with Crippen LogP contribution in [-0.4, -0.2) is 28.5 Å². The molecule has 3 aromatic rings. The molecule has 4 atom stereocenters. The zero-order chi connectivity index (χ0) is 30.0. The first-order valence-corrected chi connectivity index (χ1v) is 14.2. The van der Waals surface area contributed by atoms with E-state index in [0.29, 0.717) is 22.4 Å². The number of anilines is 3. The van der Waals surface area contributed by atoms with Crippen LogP contribution in [0.3, 0.4) is 0 Å². The van der Waals surface area contributed by atoms with Gasteiger partial charge in [0.15, 0.2) is 23.1 Å². The summed E-state index contributed by atoms with van der Waals surface area (Å²) in [4.78, 5) is 55.7. The molecular weight excluding hydrogens is 547 g/mol. The predicted molar refractivity (Wildman–Crippen MR) is 158 cm³/mol. The normalized spacial score (nSPS) is 24.7. The molecule has 3 aromatic carbocycles. The van der Waals surface area contributed by atoms with Gasteiger partial charge in [-0.1, -0.05) is 35.9 Å². The van der Waals surface area contributed by atoms with Crippen LogP contribution in [0.4, 0.5) is 21.5 Å². The third kappa shape index (κ3) is 4.24. The highest BCUT2D eigenvalue weighted by Gasteiger charge is 2.56. The van der Waals surface area contributed by atoms with Gasteiger partial charge in [0.25, 0.3) is 0 Å². The molecule has 43 heavy (non-hydrogen) atoms. The third-order valence-corrected chi connectivity index (χ3v) is 9.06. The van der Waals surface area contributed by atoms with Crippen molar-refractivity contribution in [3.63, 3.8) is 0 Å². The Morgan fingerprint density at radius 2 is 1.60 bits per heavy atom. The van der Waals surface area contributed by atoms with Gasteiger partial charge in [-0.25, -0.2) is 4.39 Å². The lowest BCUT2D eigenvalue weighted by Crippen LogP contribution is -2.39. The molecule has 0 radical (unpaired) electrons. The van der Waals surface area contributed by atoms with E-state index in [9.17, 15) is 28.7 Å². The number of aromatic hydroxyl groups is 1. The highest BCUT2D eigenvalue weighted by Crippen LogP contribution is 2.55. The van der Waals surface area contributed by atoms with Gasteiger partial charge in [-0.2, -0.15) is 0 Å². The minimum absolute atomic E-state index is 0.139. The lowest BCUT2D eigenvalue weighted by atomic mass is 9.59. The molecule has 1 saturated heterocycles. The van der Waals surface area contributed by atoms with E-state index in [0.717, 1.165) is 16.9 Å². The topological polar surface area (TPSA) is 104 Å². The molecule has 1 aliphatic heterocycles. The van der Waals surface area contributed by atoms with Crippen LogP contribution in [0.5, 0.6) is 5.75 Å². The molecule has 1 heterocycles. The number of ketones is 2. The van der Waals surface area contributed by atoms with E-state index < -0.39 is 35.2 Å². The summed E-state index contributed by atoms with van der Waals surface area (Å²) in [5, 5.41) is 13.1. The molecule has 1 fully saturated rings. The smallest absolute Gasteiger partial charge is 0.238 e. The van der Waals surface area contributed by atoms with Gasteiger partial charge in [-0.15, -0.1) is 0 Å². The van der Waals surface area contributed by atoms with Crippen molar-refractivity contribution in [1.82, 2.24) is 0 Å². The second-order valence-corrected chi connectivity index (χ2v) is 11.5. The summed E-state index contributed by atoms with van der Waals surface area (Å²) < 4.78 is 14.6. The second-order valence-electron chi connectivity index (χ2n) is 11.5. The van der Waals surface area contributed by atoms with E-state index in [1.165, 1.54) is 29.2 Å². The summed E-state index contributed by atoms with van der Waals surface area (Å²) >= 11 is 0. The average molecular weight is 575 g/mol. The molecule has 214 valence electrons. The molecule has 4 aliphatic rings. The number of imide groups is 1. The van der Waals surface area contributed by atoms with Crippen molar-refractivity contribution < 1.29 is 28.7 Å². The summed E-state index contributed by atoms with van der Waals surface area (Å²) in [6.07, 6.45) is 3.62. The van der Waals surface area contributed by atoms with E-state index in [4.69, 9.17) is 0 Å². The zero-order valence-electron chi connectivity index (χ0n) is 23.2. The van der Waals surface area contributed by atoms with Gasteiger partial charge in [0.2, 0.25) is 11.8 Å². The van der Waals surface area contributed by atoms with Gasteiger partial charge in [0.05, 0.1) is 17.5 Å². The predicted octanol–water partition coefficient (Wildman–Crippen LogP) is 5.91. The lowest BCUT2D eigenvalue weighted by molar-refractivity contribution is -0.123. The first-order chi connectivity index (χ1) is 20.7. The minimum atomic E-state index is -0.846. The molecule has 7 nitrogen and oxygen atoms in total. The molecule has 0 bridgehead atoms. The van der Waals surface area contributed by atoms with E-state index in [1.54, 1.807) is 19.1 Å². The van der Waals surface area contributed by atoms with E-state index in [2.05, 4.69) is 5.32 Å². The first kappa shape index (κ1) is 26.8. The van der Waals surface area contributed by atoms with Crippen molar-refractivity contribution in [2.75, 3.05) is 10.2 Å². The van der Waals surface area contributed by atoms with Crippen molar-refractivity contribution in [2.24, 2.45) is 17.8 Å². The molecule has 0 spiro atoms. The van der Waals surface area contributed by atoms with Crippen LogP contribution >= 0.6 is 0 Å². The average Bonchev–Trinajstić information content (AvgIpc) is 3.26. The third-order valence-electron chi connectivity index (χ3n) is 9.06. The number of halogens is 1. The number of nitrogens with one attached hydrogen (secondary N) is 1. The van der Waals surface area contributed by atoms with Gasteiger partial charge in [0, 0.05) is 34.0 Å². The van der Waals surface area contributed by atoms with Crippen LogP contribution in [-0.2, 0) is 19.2 Å². The molecular formula is C35H27FN2O5. The van der Waals surface area contributed by atoms with Crippen molar-refractivity contribution in [3.8, 4) is 5.75 Å². The fourth-order valence-electron chi connectivity index (χ4n) is 7.08. The molecule has 0 saturated carbocycles. The Balaban J connectivity index is 1.25. The van der Waals surface area contributed by atoms with Crippen LogP contribution in [0.2, 0.25) is 0 Å². The number of phenolic OH excluding ortho intramolecular Hbond substituents is 1. The summed E-state index contributed by atoms with van der Waals surface area (Å²) in [7, 11) is 0. The van der Waals surface area contributed by atoms with Crippen molar-refractivity contribution >= 4 is 40.4 Å². The Morgan fingerprint density at radius 1 is 0.884 bits per heavy atom. The van der Waals surface area contributed by atoms with Crippen LogP contribution < -0.4 is 10.2 Å². The monoisotopic (exact) mass is 574 g/mol. The number of hydrogen-bond acceptors (Lipinski definition) is 6. The van der Waals surface area contributed by atoms with Crippen LogP contribution in [0, 0.1) is 23.6 Å². The van der Waals surface area contributed by atoms with Gasteiger partial charge in [-0.05, 0) is 85.9 Å². The Morgan fingerprint density at radius 3 is 2.33 bits per heavy atom. The number of fused-ring (bicyclic) bond motifs is 3. The Kier molecular flexibility index (Phi) is 6.23.